The fourth-order valence-electron chi connectivity index (χ4n) is 1.97. The highest BCUT2D eigenvalue weighted by atomic mass is 16.5. The molecule has 0 aromatic carbocycles. The molecule has 0 fully saturated rings. The average molecular weight is 243 g/mol. The number of fused-ring (bicyclic) bond motifs is 1. The number of pyridine rings is 1. The van der Waals surface area contributed by atoms with Gasteiger partial charge >= 0.3 is 0 Å². The lowest BCUT2D eigenvalue weighted by molar-refractivity contribution is 0.108. The van der Waals surface area contributed by atoms with Gasteiger partial charge in [-0.25, -0.2) is 4.98 Å². The van der Waals surface area contributed by atoms with Gasteiger partial charge in [-0.1, -0.05) is 6.07 Å². The topological polar surface area (TPSA) is 67.9 Å². The van der Waals surface area contributed by atoms with E-state index in [-0.39, 0.29) is 5.56 Å². The molecule has 0 saturated carbocycles. The molecule has 0 saturated heterocycles. The van der Waals surface area contributed by atoms with Crippen molar-refractivity contribution in [1.29, 1.82) is 0 Å². The van der Waals surface area contributed by atoms with Crippen LogP contribution in [-0.2, 0) is 17.8 Å². The highest BCUT2D eigenvalue weighted by molar-refractivity contribution is 5.49. The monoisotopic (exact) mass is 243 g/mol. The minimum Gasteiger partial charge on any atom is -0.376 e. The second kappa shape index (κ2) is 4.34. The summed E-state index contributed by atoms with van der Waals surface area (Å²) in [5, 5.41) is 0. The summed E-state index contributed by atoms with van der Waals surface area (Å²) in [5.74, 6) is 0.528. The number of ether oxygens (including phenoxy) is 1. The summed E-state index contributed by atoms with van der Waals surface area (Å²) in [4.78, 5) is 23.4. The van der Waals surface area contributed by atoms with Gasteiger partial charge in [0.2, 0.25) is 0 Å². The molecule has 0 radical (unpaired) electrons. The second-order valence-electron chi connectivity index (χ2n) is 4.36. The number of nitrogens with zero attached hydrogens (tertiary/aromatic N) is 2. The zero-order valence-electron chi connectivity index (χ0n) is 10.1. The molecule has 2 aromatic rings. The molecule has 1 aliphatic rings. The van der Waals surface area contributed by atoms with Crippen molar-refractivity contribution < 1.29 is 4.74 Å². The highest BCUT2D eigenvalue weighted by Gasteiger charge is 2.16. The van der Waals surface area contributed by atoms with Gasteiger partial charge in [-0.2, -0.15) is 0 Å². The number of aryl methyl sites for hydroxylation is 1. The lowest BCUT2D eigenvalue weighted by Gasteiger charge is -2.15. The first-order valence-electron chi connectivity index (χ1n) is 5.87. The summed E-state index contributed by atoms with van der Waals surface area (Å²) in [7, 11) is 0. The molecule has 3 heterocycles. The maximum absolute atomic E-state index is 11.9. The van der Waals surface area contributed by atoms with Crippen LogP contribution in [-0.4, -0.2) is 21.6 Å². The first-order chi connectivity index (χ1) is 8.74. The Morgan fingerprint density at radius 1 is 1.39 bits per heavy atom. The molecular formula is C13H13N3O2. The molecule has 18 heavy (non-hydrogen) atoms. The molecule has 0 bridgehead atoms. The van der Waals surface area contributed by atoms with Crippen molar-refractivity contribution in [2.75, 3.05) is 6.61 Å². The van der Waals surface area contributed by atoms with Crippen LogP contribution in [0.15, 0.2) is 23.1 Å². The zero-order valence-corrected chi connectivity index (χ0v) is 10.1. The number of rotatable bonds is 1. The van der Waals surface area contributed by atoms with Gasteiger partial charge in [0.1, 0.15) is 5.69 Å². The third-order valence-corrected chi connectivity index (χ3v) is 2.98. The van der Waals surface area contributed by atoms with Crippen molar-refractivity contribution in [2.24, 2.45) is 0 Å². The van der Waals surface area contributed by atoms with E-state index < -0.39 is 0 Å². The lowest BCUT2D eigenvalue weighted by atomic mass is 10.1. The van der Waals surface area contributed by atoms with E-state index in [1.54, 1.807) is 6.20 Å². The van der Waals surface area contributed by atoms with Crippen molar-refractivity contribution in [1.82, 2.24) is 15.0 Å². The summed E-state index contributed by atoms with van der Waals surface area (Å²) in [6.07, 6.45) is 2.44. The van der Waals surface area contributed by atoms with Crippen molar-refractivity contribution in [2.45, 2.75) is 20.0 Å². The van der Waals surface area contributed by atoms with E-state index in [9.17, 15) is 4.79 Å². The number of aromatic amines is 1. The molecule has 0 atom stereocenters. The molecule has 0 aliphatic carbocycles. The Bertz CT molecular complexity index is 632. The third-order valence-electron chi connectivity index (χ3n) is 2.98. The molecule has 3 rings (SSSR count). The number of aromatic nitrogens is 3. The van der Waals surface area contributed by atoms with Crippen molar-refractivity contribution in [3.63, 3.8) is 0 Å². The number of hydrogen-bond acceptors (Lipinski definition) is 4. The summed E-state index contributed by atoms with van der Waals surface area (Å²) >= 11 is 0. The van der Waals surface area contributed by atoms with E-state index in [1.165, 1.54) is 0 Å². The van der Waals surface area contributed by atoms with Gasteiger partial charge in [-0.15, -0.1) is 0 Å². The van der Waals surface area contributed by atoms with Crippen LogP contribution in [0.1, 0.15) is 16.8 Å². The van der Waals surface area contributed by atoms with Crippen LogP contribution >= 0.6 is 0 Å². The molecule has 1 N–H and O–H groups in total. The zero-order chi connectivity index (χ0) is 12.5. The van der Waals surface area contributed by atoms with Crippen LogP contribution in [0.2, 0.25) is 0 Å². The molecular weight excluding hydrogens is 230 g/mol. The molecule has 2 aromatic heterocycles. The van der Waals surface area contributed by atoms with E-state index in [4.69, 9.17) is 4.74 Å². The Balaban J connectivity index is 2.11. The van der Waals surface area contributed by atoms with Gasteiger partial charge in [0.25, 0.3) is 5.56 Å². The molecule has 0 spiro atoms. The quantitative estimate of drug-likeness (QED) is 0.817. The molecule has 0 amide bonds. The van der Waals surface area contributed by atoms with Crippen LogP contribution in [0.4, 0.5) is 0 Å². The fraction of sp³-hybridized carbons (Fsp3) is 0.308. The summed E-state index contributed by atoms with van der Waals surface area (Å²) in [5.41, 5.74) is 3.09. The molecule has 5 nitrogen and oxygen atoms in total. The van der Waals surface area contributed by atoms with Gasteiger partial charge in [0.05, 0.1) is 24.5 Å². The Labute approximate surface area is 104 Å². The largest absolute Gasteiger partial charge is 0.376 e. The molecule has 5 heteroatoms. The maximum atomic E-state index is 11.9. The number of H-pyrrole nitrogens is 1. The Kier molecular flexibility index (Phi) is 2.68. The van der Waals surface area contributed by atoms with E-state index in [2.05, 4.69) is 15.0 Å². The first-order valence-corrected chi connectivity index (χ1v) is 5.87. The van der Waals surface area contributed by atoms with Crippen LogP contribution in [0.25, 0.3) is 11.5 Å². The number of hydrogen-bond donors (Lipinski definition) is 1. The molecule has 0 unspecified atom stereocenters. The summed E-state index contributed by atoms with van der Waals surface area (Å²) in [6, 6.07) is 3.81. The van der Waals surface area contributed by atoms with Crippen LogP contribution in [0, 0.1) is 6.92 Å². The molecule has 1 aliphatic heterocycles. The summed E-state index contributed by atoms with van der Waals surface area (Å²) < 4.78 is 5.26. The Morgan fingerprint density at radius 2 is 2.28 bits per heavy atom. The van der Waals surface area contributed by atoms with Crippen LogP contribution in [0.5, 0.6) is 0 Å². The van der Waals surface area contributed by atoms with Crippen molar-refractivity contribution >= 4 is 0 Å². The third kappa shape index (κ3) is 1.93. The maximum Gasteiger partial charge on any atom is 0.256 e. The minimum absolute atomic E-state index is 0.128. The lowest BCUT2D eigenvalue weighted by Crippen LogP contribution is -2.24. The predicted octanol–water partition coefficient (Wildman–Crippen LogP) is 1.21. The highest BCUT2D eigenvalue weighted by Crippen LogP contribution is 2.15. The van der Waals surface area contributed by atoms with E-state index in [1.807, 2.05) is 19.1 Å². The first kappa shape index (κ1) is 11.1. The second-order valence-corrected chi connectivity index (χ2v) is 4.36. The predicted molar refractivity (Wildman–Crippen MR) is 66.2 cm³/mol. The van der Waals surface area contributed by atoms with Crippen molar-refractivity contribution in [3.05, 3.63) is 45.5 Å². The van der Waals surface area contributed by atoms with Gasteiger partial charge < -0.3 is 9.72 Å². The van der Waals surface area contributed by atoms with E-state index in [0.717, 1.165) is 11.3 Å². The van der Waals surface area contributed by atoms with Gasteiger partial charge in [0.15, 0.2) is 5.82 Å². The van der Waals surface area contributed by atoms with Crippen molar-refractivity contribution in [3.8, 4) is 11.5 Å². The van der Waals surface area contributed by atoms with Gasteiger partial charge in [-0.3, -0.25) is 9.78 Å². The fourth-order valence-corrected chi connectivity index (χ4v) is 1.97. The Hall–Kier alpha value is -2.01. The smallest absolute Gasteiger partial charge is 0.256 e. The minimum atomic E-state index is -0.128. The Morgan fingerprint density at radius 3 is 3.06 bits per heavy atom. The number of nitrogens with one attached hydrogen (secondary N) is 1. The van der Waals surface area contributed by atoms with Crippen LogP contribution in [0.3, 0.4) is 0 Å². The molecule has 92 valence electrons. The average Bonchev–Trinajstić information content (AvgIpc) is 2.39. The van der Waals surface area contributed by atoms with E-state index in [0.29, 0.717) is 36.7 Å². The van der Waals surface area contributed by atoms with Crippen LogP contribution < -0.4 is 5.56 Å². The van der Waals surface area contributed by atoms with Gasteiger partial charge in [0, 0.05) is 12.6 Å². The van der Waals surface area contributed by atoms with Gasteiger partial charge in [-0.05, 0) is 18.6 Å². The SMILES string of the molecule is Cc1ccc(-c2nc3c(c(=O)[nH]2)COCC3)nc1. The van der Waals surface area contributed by atoms with E-state index >= 15 is 0 Å². The standard InChI is InChI=1S/C13H13N3O2/c1-8-2-3-11(14-6-8)12-15-10-4-5-18-7-9(10)13(17)16-12/h2-3,6H,4-5,7H2,1H3,(H,15,16,17). The summed E-state index contributed by atoms with van der Waals surface area (Å²) in [6.45, 7) is 2.93. The normalized spacial score (nSPS) is 14.3.